The summed E-state index contributed by atoms with van der Waals surface area (Å²) in [5.74, 6) is 0. The molecule has 3 nitrogen and oxygen atoms in total. The molecule has 132 valence electrons. The minimum atomic E-state index is -3.56. The normalized spacial score (nSPS) is 23.0. The van der Waals surface area contributed by atoms with Crippen molar-refractivity contribution in [3.8, 4) is 0 Å². The molecule has 2 aromatic carbocycles. The third-order valence-corrected chi connectivity index (χ3v) is 8.48. The number of rotatable bonds is 2. The summed E-state index contributed by atoms with van der Waals surface area (Å²) in [6, 6.07) is 13.5. The van der Waals surface area contributed by atoms with Gasteiger partial charge in [-0.3, -0.25) is 4.31 Å². The van der Waals surface area contributed by atoms with Crippen LogP contribution in [0.2, 0.25) is 0 Å². The number of aryl methyl sites for hydroxylation is 2. The third kappa shape index (κ3) is 2.97. The lowest BCUT2D eigenvalue weighted by Gasteiger charge is -2.44. The molecule has 0 radical (unpaired) electrons. The summed E-state index contributed by atoms with van der Waals surface area (Å²) < 4.78 is 28.8. The standard InChI is InChI=1S/C20H23NO2S2/c1-14-7-10-16(11-8-14)25(22,23)21-17-5-3-4-6-19(17)24-20-12-9-15(2)13-18(20)21/h7-13,17,19H,3-6H2,1-2H3/t17-,19-/m0/s1. The van der Waals surface area contributed by atoms with E-state index in [1.54, 1.807) is 16.4 Å². The summed E-state index contributed by atoms with van der Waals surface area (Å²) in [6.45, 7) is 4.00. The Hall–Kier alpha value is -1.46. The summed E-state index contributed by atoms with van der Waals surface area (Å²) in [5.41, 5.74) is 3.02. The van der Waals surface area contributed by atoms with E-state index in [1.807, 2.05) is 43.8 Å². The van der Waals surface area contributed by atoms with E-state index >= 15 is 0 Å². The Labute approximate surface area is 154 Å². The van der Waals surface area contributed by atoms with Crippen LogP contribution in [0, 0.1) is 13.8 Å². The topological polar surface area (TPSA) is 37.4 Å². The van der Waals surface area contributed by atoms with Crippen molar-refractivity contribution < 1.29 is 8.42 Å². The fraction of sp³-hybridized carbons (Fsp3) is 0.400. The number of anilines is 1. The van der Waals surface area contributed by atoms with E-state index in [2.05, 4.69) is 12.1 Å². The zero-order valence-electron chi connectivity index (χ0n) is 14.6. The van der Waals surface area contributed by atoms with Gasteiger partial charge in [-0.05, 0) is 56.5 Å². The molecule has 0 saturated heterocycles. The highest BCUT2D eigenvalue weighted by Gasteiger charge is 2.42. The third-order valence-electron chi connectivity index (χ3n) is 5.18. The van der Waals surface area contributed by atoms with Crippen molar-refractivity contribution in [3.63, 3.8) is 0 Å². The van der Waals surface area contributed by atoms with Gasteiger partial charge in [0.1, 0.15) is 0 Å². The Bertz CT molecular complexity index is 890. The van der Waals surface area contributed by atoms with Gasteiger partial charge in [0.25, 0.3) is 10.0 Å². The van der Waals surface area contributed by atoms with Crippen LogP contribution in [-0.4, -0.2) is 19.7 Å². The molecule has 2 atom stereocenters. The highest BCUT2D eigenvalue weighted by Crippen LogP contribution is 2.48. The van der Waals surface area contributed by atoms with Crippen molar-refractivity contribution in [1.29, 1.82) is 0 Å². The van der Waals surface area contributed by atoms with Crippen LogP contribution in [0.4, 0.5) is 5.69 Å². The molecule has 1 aliphatic heterocycles. The lowest BCUT2D eigenvalue weighted by atomic mass is 9.94. The number of benzene rings is 2. The van der Waals surface area contributed by atoms with Crippen molar-refractivity contribution in [1.82, 2.24) is 0 Å². The fourth-order valence-corrected chi connectivity index (χ4v) is 7.17. The number of sulfonamides is 1. The Morgan fingerprint density at radius 3 is 2.40 bits per heavy atom. The van der Waals surface area contributed by atoms with Crippen molar-refractivity contribution in [2.24, 2.45) is 0 Å². The second-order valence-corrected chi connectivity index (χ2v) is 10.2. The quantitative estimate of drug-likeness (QED) is 0.750. The number of nitrogens with zero attached hydrogens (tertiary/aromatic N) is 1. The molecule has 0 aromatic heterocycles. The Kier molecular flexibility index (Phi) is 4.32. The molecule has 5 heteroatoms. The van der Waals surface area contributed by atoms with Crippen LogP contribution in [0.1, 0.15) is 36.8 Å². The van der Waals surface area contributed by atoms with Crippen molar-refractivity contribution in [3.05, 3.63) is 53.6 Å². The van der Waals surface area contributed by atoms with Crippen LogP contribution in [-0.2, 0) is 10.0 Å². The second kappa shape index (κ2) is 6.36. The van der Waals surface area contributed by atoms with E-state index in [0.29, 0.717) is 10.1 Å². The maximum absolute atomic E-state index is 13.5. The minimum Gasteiger partial charge on any atom is -0.261 e. The van der Waals surface area contributed by atoms with Gasteiger partial charge in [-0.25, -0.2) is 8.42 Å². The van der Waals surface area contributed by atoms with Gasteiger partial charge >= 0.3 is 0 Å². The molecule has 2 aliphatic rings. The van der Waals surface area contributed by atoms with Crippen LogP contribution >= 0.6 is 11.8 Å². The van der Waals surface area contributed by atoms with Gasteiger partial charge < -0.3 is 0 Å². The van der Waals surface area contributed by atoms with E-state index in [1.165, 1.54) is 6.42 Å². The molecule has 0 amide bonds. The molecule has 1 heterocycles. The second-order valence-electron chi connectivity index (χ2n) is 7.09. The van der Waals surface area contributed by atoms with Crippen LogP contribution in [0.3, 0.4) is 0 Å². The van der Waals surface area contributed by atoms with Crippen molar-refractivity contribution >= 4 is 27.5 Å². The lowest BCUT2D eigenvalue weighted by molar-refractivity contribution is 0.444. The first kappa shape index (κ1) is 17.0. The fourth-order valence-electron chi connectivity index (χ4n) is 3.86. The molecule has 0 bridgehead atoms. The molecule has 0 spiro atoms. The van der Waals surface area contributed by atoms with Crippen molar-refractivity contribution in [2.45, 2.75) is 60.6 Å². The molecular formula is C20H23NO2S2. The predicted octanol–water partition coefficient (Wildman–Crippen LogP) is 4.92. The maximum atomic E-state index is 13.5. The maximum Gasteiger partial charge on any atom is 0.264 e. The van der Waals surface area contributed by atoms with Crippen LogP contribution in [0.15, 0.2) is 52.3 Å². The zero-order valence-corrected chi connectivity index (χ0v) is 16.2. The molecular weight excluding hydrogens is 350 g/mol. The highest BCUT2D eigenvalue weighted by molar-refractivity contribution is 8.00. The summed E-state index contributed by atoms with van der Waals surface area (Å²) in [7, 11) is -3.56. The molecule has 0 unspecified atom stereocenters. The molecule has 25 heavy (non-hydrogen) atoms. The molecule has 0 N–H and O–H groups in total. The first-order valence-corrected chi connectivity index (χ1v) is 11.2. The first-order chi connectivity index (χ1) is 12.0. The van der Waals surface area contributed by atoms with Gasteiger partial charge in [0.2, 0.25) is 0 Å². The van der Waals surface area contributed by atoms with Gasteiger partial charge in [0.15, 0.2) is 0 Å². The lowest BCUT2D eigenvalue weighted by Crippen LogP contribution is -2.49. The van der Waals surface area contributed by atoms with E-state index in [4.69, 9.17) is 0 Å². The highest BCUT2D eigenvalue weighted by atomic mass is 32.2. The molecule has 2 aromatic rings. The van der Waals surface area contributed by atoms with E-state index in [9.17, 15) is 8.42 Å². The summed E-state index contributed by atoms with van der Waals surface area (Å²) in [5, 5.41) is 0.351. The van der Waals surface area contributed by atoms with E-state index < -0.39 is 10.0 Å². The summed E-state index contributed by atoms with van der Waals surface area (Å²) >= 11 is 1.86. The number of hydrogen-bond donors (Lipinski definition) is 0. The van der Waals surface area contributed by atoms with Gasteiger partial charge in [0, 0.05) is 10.1 Å². The van der Waals surface area contributed by atoms with Crippen LogP contribution < -0.4 is 4.31 Å². The monoisotopic (exact) mass is 373 g/mol. The number of thioether (sulfide) groups is 1. The average Bonchev–Trinajstić information content (AvgIpc) is 2.60. The van der Waals surface area contributed by atoms with Gasteiger partial charge in [-0.2, -0.15) is 0 Å². The van der Waals surface area contributed by atoms with Gasteiger partial charge in [0.05, 0.1) is 16.6 Å². The average molecular weight is 374 g/mol. The number of hydrogen-bond acceptors (Lipinski definition) is 3. The molecule has 1 fully saturated rings. The Morgan fingerprint density at radius 1 is 0.960 bits per heavy atom. The first-order valence-electron chi connectivity index (χ1n) is 8.85. The van der Waals surface area contributed by atoms with E-state index in [0.717, 1.165) is 41.0 Å². The van der Waals surface area contributed by atoms with Crippen LogP contribution in [0.5, 0.6) is 0 Å². The Morgan fingerprint density at radius 2 is 1.64 bits per heavy atom. The number of fused-ring (bicyclic) bond motifs is 2. The SMILES string of the molecule is Cc1ccc(S(=O)(=O)N2c3cc(C)ccc3S[C@H]3CCCC[C@@H]32)cc1. The predicted molar refractivity (Wildman–Crippen MR) is 104 cm³/mol. The molecule has 4 rings (SSSR count). The molecule has 1 saturated carbocycles. The van der Waals surface area contributed by atoms with Crippen molar-refractivity contribution in [2.75, 3.05) is 4.31 Å². The Balaban J connectivity index is 1.87. The largest absolute Gasteiger partial charge is 0.264 e. The van der Waals surface area contributed by atoms with Crippen LogP contribution in [0.25, 0.3) is 0 Å². The summed E-state index contributed by atoms with van der Waals surface area (Å²) in [4.78, 5) is 1.48. The smallest absolute Gasteiger partial charge is 0.261 e. The van der Waals surface area contributed by atoms with E-state index in [-0.39, 0.29) is 6.04 Å². The van der Waals surface area contributed by atoms with Gasteiger partial charge in [-0.1, -0.05) is 36.6 Å². The molecule has 1 aliphatic carbocycles. The zero-order chi connectivity index (χ0) is 17.6. The minimum absolute atomic E-state index is 0.0550. The van der Waals surface area contributed by atoms with Gasteiger partial charge in [-0.15, -0.1) is 11.8 Å². The summed E-state index contributed by atoms with van der Waals surface area (Å²) in [6.07, 6.45) is 4.31.